The van der Waals surface area contributed by atoms with Crippen LogP contribution in [0.4, 0.5) is 0 Å². The zero-order chi connectivity index (χ0) is 17.1. The predicted molar refractivity (Wildman–Crippen MR) is 82.1 cm³/mol. The first-order valence-corrected chi connectivity index (χ1v) is 8.34. The fraction of sp³-hybridized carbons (Fsp3) is 0.333. The molecule has 0 spiro atoms. The normalized spacial score (nSPS) is 15.4. The third kappa shape index (κ3) is 3.88. The van der Waals surface area contributed by atoms with Gasteiger partial charge < -0.3 is 10.4 Å². The van der Waals surface area contributed by atoms with Crippen LogP contribution in [-0.2, 0) is 14.8 Å². The van der Waals surface area contributed by atoms with Gasteiger partial charge in [-0.1, -0.05) is 12.0 Å². The molecule has 1 saturated carbocycles. The molecule has 1 aromatic carbocycles. The fourth-order valence-electron chi connectivity index (χ4n) is 1.99. The van der Waals surface area contributed by atoms with Gasteiger partial charge in [0, 0.05) is 12.1 Å². The lowest BCUT2D eigenvalue weighted by atomic mass is 10.1. The van der Waals surface area contributed by atoms with Crippen LogP contribution in [0.15, 0.2) is 29.2 Å². The average Bonchev–Trinajstić information content (AvgIpc) is 3.32. The number of hydrogen-bond acceptors (Lipinski definition) is 4. The number of benzene rings is 1. The van der Waals surface area contributed by atoms with Crippen LogP contribution in [0.1, 0.15) is 23.2 Å². The van der Waals surface area contributed by atoms with Gasteiger partial charge >= 0.3 is 5.97 Å². The molecule has 23 heavy (non-hydrogen) atoms. The first-order valence-electron chi connectivity index (χ1n) is 6.85. The second-order valence-corrected chi connectivity index (χ2v) is 7.09. The smallest absolute Gasteiger partial charge is 0.311 e. The highest BCUT2D eigenvalue weighted by Crippen LogP contribution is 2.45. The van der Waals surface area contributed by atoms with Gasteiger partial charge in [0.2, 0.25) is 10.0 Å². The van der Waals surface area contributed by atoms with Crippen LogP contribution in [0, 0.1) is 17.8 Å². The lowest BCUT2D eigenvalue weighted by molar-refractivity contribution is -0.143. The van der Waals surface area contributed by atoms with E-state index >= 15 is 0 Å². The number of hydrogen-bond donors (Lipinski definition) is 3. The molecule has 2 rings (SSSR count). The maximum atomic E-state index is 12.1. The Labute approximate surface area is 134 Å². The molecule has 1 aliphatic rings. The fourth-order valence-corrected chi connectivity index (χ4v) is 2.97. The van der Waals surface area contributed by atoms with E-state index in [2.05, 4.69) is 16.0 Å². The first-order chi connectivity index (χ1) is 10.8. The van der Waals surface area contributed by atoms with Crippen LogP contribution in [-0.4, -0.2) is 38.5 Å². The van der Waals surface area contributed by atoms with E-state index in [9.17, 15) is 18.0 Å². The summed E-state index contributed by atoms with van der Waals surface area (Å²) in [4.78, 5) is 23.1. The Kier molecular flexibility index (Phi) is 4.73. The summed E-state index contributed by atoms with van der Waals surface area (Å²) < 4.78 is 26.1. The van der Waals surface area contributed by atoms with Crippen LogP contribution >= 0.6 is 0 Å². The zero-order valence-corrected chi connectivity index (χ0v) is 13.0. The quantitative estimate of drug-likeness (QED) is 0.616. The standard InChI is InChI=1S/C15H16N2O5S/c1-2-8-17-23(21,22)12-5-3-4-11(9-12)13(18)16-10-15(6-7-15)14(19)20/h1,3-5,9,17H,6-8,10H2,(H,16,18)(H,19,20). The number of carbonyl (C=O) groups excluding carboxylic acids is 1. The molecule has 3 N–H and O–H groups in total. The van der Waals surface area contributed by atoms with E-state index in [1.165, 1.54) is 24.3 Å². The van der Waals surface area contributed by atoms with E-state index in [-0.39, 0.29) is 23.5 Å². The summed E-state index contributed by atoms with van der Waals surface area (Å²) in [5.41, 5.74) is -0.747. The number of rotatable bonds is 7. The summed E-state index contributed by atoms with van der Waals surface area (Å²) in [6, 6.07) is 5.45. The van der Waals surface area contributed by atoms with Crippen LogP contribution in [0.3, 0.4) is 0 Å². The Morgan fingerprint density at radius 1 is 1.35 bits per heavy atom. The number of carbonyl (C=O) groups is 2. The molecule has 0 saturated heterocycles. The molecule has 0 aromatic heterocycles. The Balaban J connectivity index is 2.09. The molecule has 0 unspecified atom stereocenters. The number of aliphatic carboxylic acids is 1. The molecule has 122 valence electrons. The summed E-state index contributed by atoms with van der Waals surface area (Å²) in [6.07, 6.45) is 6.06. The number of nitrogens with one attached hydrogen (secondary N) is 2. The lowest BCUT2D eigenvalue weighted by Crippen LogP contribution is -2.34. The van der Waals surface area contributed by atoms with Crippen molar-refractivity contribution < 1.29 is 23.1 Å². The van der Waals surface area contributed by atoms with E-state index in [1.54, 1.807) is 0 Å². The molecule has 1 aromatic rings. The van der Waals surface area contributed by atoms with Gasteiger partial charge in [-0.15, -0.1) is 6.42 Å². The van der Waals surface area contributed by atoms with Gasteiger partial charge in [-0.05, 0) is 31.0 Å². The molecule has 0 aliphatic heterocycles. The summed E-state index contributed by atoms with van der Waals surface area (Å²) >= 11 is 0. The Morgan fingerprint density at radius 3 is 2.61 bits per heavy atom. The number of carboxylic acid groups (broad SMARTS) is 1. The molecular formula is C15H16N2O5S. The number of amides is 1. The van der Waals surface area contributed by atoms with Gasteiger partial charge in [-0.25, -0.2) is 8.42 Å². The molecule has 0 atom stereocenters. The van der Waals surface area contributed by atoms with Crippen molar-refractivity contribution in [2.75, 3.05) is 13.1 Å². The minimum Gasteiger partial charge on any atom is -0.481 e. The highest BCUT2D eigenvalue weighted by atomic mass is 32.2. The van der Waals surface area contributed by atoms with E-state index in [0.29, 0.717) is 12.8 Å². The summed E-state index contributed by atoms with van der Waals surface area (Å²) in [6.45, 7) is -0.132. The maximum absolute atomic E-state index is 12.1. The Bertz CT molecular complexity index is 775. The second-order valence-electron chi connectivity index (χ2n) is 5.32. The number of terminal acetylenes is 1. The monoisotopic (exact) mass is 336 g/mol. The maximum Gasteiger partial charge on any atom is 0.311 e. The Hall–Kier alpha value is -2.37. The van der Waals surface area contributed by atoms with Crippen molar-refractivity contribution in [1.29, 1.82) is 0 Å². The molecule has 1 fully saturated rings. The van der Waals surface area contributed by atoms with Crippen molar-refractivity contribution in [3.05, 3.63) is 29.8 Å². The average molecular weight is 336 g/mol. The van der Waals surface area contributed by atoms with Gasteiger partial charge in [0.25, 0.3) is 5.91 Å². The molecule has 8 heteroatoms. The lowest BCUT2D eigenvalue weighted by Gasteiger charge is -2.11. The van der Waals surface area contributed by atoms with Gasteiger partial charge in [0.1, 0.15) is 0 Å². The molecule has 1 aliphatic carbocycles. The van der Waals surface area contributed by atoms with Crippen molar-refractivity contribution in [1.82, 2.24) is 10.0 Å². The van der Waals surface area contributed by atoms with Crippen LogP contribution in [0.2, 0.25) is 0 Å². The van der Waals surface area contributed by atoms with Crippen molar-refractivity contribution in [2.24, 2.45) is 5.41 Å². The van der Waals surface area contributed by atoms with Crippen LogP contribution in [0.25, 0.3) is 0 Å². The highest BCUT2D eigenvalue weighted by Gasteiger charge is 2.50. The van der Waals surface area contributed by atoms with Crippen molar-refractivity contribution >= 4 is 21.9 Å². The molecule has 0 heterocycles. The molecular weight excluding hydrogens is 320 g/mol. The van der Waals surface area contributed by atoms with E-state index in [0.717, 1.165) is 0 Å². The Morgan fingerprint density at radius 2 is 2.04 bits per heavy atom. The van der Waals surface area contributed by atoms with Crippen molar-refractivity contribution in [2.45, 2.75) is 17.7 Å². The number of sulfonamides is 1. The van der Waals surface area contributed by atoms with Gasteiger partial charge in [0.05, 0.1) is 16.9 Å². The third-order valence-electron chi connectivity index (χ3n) is 3.67. The molecule has 1 amide bonds. The summed E-state index contributed by atoms with van der Waals surface area (Å²) in [5, 5.41) is 11.6. The first kappa shape index (κ1) is 17.0. The SMILES string of the molecule is C#CCNS(=O)(=O)c1cccc(C(=O)NCC2(C(=O)O)CC2)c1. The molecule has 0 radical (unpaired) electrons. The zero-order valence-electron chi connectivity index (χ0n) is 12.2. The van der Waals surface area contributed by atoms with E-state index < -0.39 is 27.3 Å². The number of carboxylic acids is 1. The summed E-state index contributed by atoms with van der Waals surface area (Å²) in [7, 11) is -3.79. The van der Waals surface area contributed by atoms with Gasteiger partial charge in [0.15, 0.2) is 0 Å². The predicted octanol–water partition coefficient (Wildman–Crippen LogP) is 0.193. The van der Waals surface area contributed by atoms with Gasteiger partial charge in [-0.3, -0.25) is 9.59 Å². The second kappa shape index (κ2) is 6.40. The van der Waals surface area contributed by atoms with Crippen molar-refractivity contribution in [3.63, 3.8) is 0 Å². The largest absolute Gasteiger partial charge is 0.481 e. The minimum atomic E-state index is -3.79. The summed E-state index contributed by atoms with van der Waals surface area (Å²) in [5.74, 6) is 0.701. The van der Waals surface area contributed by atoms with Gasteiger partial charge in [-0.2, -0.15) is 4.72 Å². The topological polar surface area (TPSA) is 113 Å². The molecule has 7 nitrogen and oxygen atoms in total. The minimum absolute atomic E-state index is 0.0213. The van der Waals surface area contributed by atoms with E-state index in [1.807, 2.05) is 0 Å². The van der Waals surface area contributed by atoms with Crippen LogP contribution < -0.4 is 10.0 Å². The van der Waals surface area contributed by atoms with Crippen LogP contribution in [0.5, 0.6) is 0 Å². The highest BCUT2D eigenvalue weighted by molar-refractivity contribution is 7.89. The third-order valence-corrected chi connectivity index (χ3v) is 5.06. The molecule has 0 bridgehead atoms. The van der Waals surface area contributed by atoms with E-state index in [4.69, 9.17) is 11.5 Å². The van der Waals surface area contributed by atoms with Crippen molar-refractivity contribution in [3.8, 4) is 12.3 Å².